The first-order chi connectivity index (χ1) is 7.20. The molecule has 1 aromatic carbocycles. The van der Waals surface area contributed by atoms with Gasteiger partial charge in [-0.3, -0.25) is 0 Å². The van der Waals surface area contributed by atoms with Crippen molar-refractivity contribution in [1.29, 1.82) is 0 Å². The van der Waals surface area contributed by atoms with E-state index >= 15 is 0 Å². The van der Waals surface area contributed by atoms with E-state index in [1.165, 1.54) is 5.46 Å². The molecule has 1 heterocycles. The summed E-state index contributed by atoms with van der Waals surface area (Å²) in [6, 6.07) is 6.12. The van der Waals surface area contributed by atoms with Crippen LogP contribution in [0.1, 0.15) is 5.69 Å². The number of aryl methyl sites for hydroxylation is 1. The molecule has 0 radical (unpaired) electrons. The molecule has 2 rings (SSSR count). The van der Waals surface area contributed by atoms with E-state index < -0.39 is 0 Å². The van der Waals surface area contributed by atoms with E-state index in [1.807, 2.05) is 37.7 Å². The molecule has 0 aliphatic rings. The van der Waals surface area contributed by atoms with E-state index in [0.717, 1.165) is 17.1 Å². The maximum absolute atomic E-state index is 5.34. The second-order valence-corrected chi connectivity index (χ2v) is 3.60. The minimum Gasteiger partial charge on any atom is -0.495 e. The number of ether oxygens (including phenoxy) is 1. The molecule has 0 saturated heterocycles. The van der Waals surface area contributed by atoms with E-state index in [4.69, 9.17) is 4.74 Å². The van der Waals surface area contributed by atoms with Gasteiger partial charge in [0.1, 0.15) is 13.6 Å². The van der Waals surface area contributed by atoms with E-state index in [0.29, 0.717) is 0 Å². The van der Waals surface area contributed by atoms with Crippen LogP contribution in [0.2, 0.25) is 0 Å². The summed E-state index contributed by atoms with van der Waals surface area (Å²) in [7, 11) is 3.73. The summed E-state index contributed by atoms with van der Waals surface area (Å²) in [4.78, 5) is 4.20. The van der Waals surface area contributed by atoms with Crippen LogP contribution in [0.5, 0.6) is 5.75 Å². The van der Waals surface area contributed by atoms with E-state index in [1.54, 1.807) is 13.4 Å². The maximum atomic E-state index is 5.34. The molecule has 4 heteroatoms. The first-order valence-electron chi connectivity index (χ1n) is 4.86. The van der Waals surface area contributed by atoms with Crippen molar-refractivity contribution in [2.45, 2.75) is 6.92 Å². The lowest BCUT2D eigenvalue weighted by atomic mass is 9.96. The number of imidazole rings is 1. The smallest absolute Gasteiger partial charge is 0.142 e. The van der Waals surface area contributed by atoms with Crippen LogP contribution in [0.25, 0.3) is 5.69 Å². The molecule has 0 bridgehead atoms. The van der Waals surface area contributed by atoms with Crippen LogP contribution in [0, 0.1) is 6.92 Å². The molecule has 0 N–H and O–H groups in total. The quantitative estimate of drug-likeness (QED) is 0.658. The lowest BCUT2D eigenvalue weighted by Gasteiger charge is -2.09. The number of hydrogen-bond donors (Lipinski definition) is 0. The molecule has 0 saturated carbocycles. The number of hydrogen-bond acceptors (Lipinski definition) is 2. The lowest BCUT2D eigenvalue weighted by molar-refractivity contribution is 0.413. The topological polar surface area (TPSA) is 27.1 Å². The highest BCUT2D eigenvalue weighted by Crippen LogP contribution is 2.20. The van der Waals surface area contributed by atoms with Gasteiger partial charge in [0.25, 0.3) is 0 Å². The van der Waals surface area contributed by atoms with E-state index in [-0.39, 0.29) is 0 Å². The molecule has 0 atom stereocenters. The molecule has 0 aliphatic heterocycles. The van der Waals surface area contributed by atoms with Crippen LogP contribution in [-0.4, -0.2) is 24.5 Å². The van der Waals surface area contributed by atoms with Crippen LogP contribution in [0.3, 0.4) is 0 Å². The zero-order valence-electron chi connectivity index (χ0n) is 9.19. The summed E-state index contributed by atoms with van der Waals surface area (Å²) < 4.78 is 7.31. The number of methoxy groups -OCH3 is 1. The van der Waals surface area contributed by atoms with Crippen LogP contribution >= 0.6 is 0 Å². The Kier molecular flexibility index (Phi) is 2.50. The average Bonchev–Trinajstić information content (AvgIpc) is 2.64. The van der Waals surface area contributed by atoms with Crippen molar-refractivity contribution in [3.8, 4) is 11.4 Å². The fourth-order valence-electron chi connectivity index (χ4n) is 1.55. The molecule has 0 aliphatic carbocycles. The van der Waals surface area contributed by atoms with E-state index in [9.17, 15) is 0 Å². The predicted molar refractivity (Wildman–Crippen MR) is 63.0 cm³/mol. The van der Waals surface area contributed by atoms with Crippen molar-refractivity contribution in [3.05, 3.63) is 36.4 Å². The van der Waals surface area contributed by atoms with Gasteiger partial charge in [-0.25, -0.2) is 4.98 Å². The van der Waals surface area contributed by atoms with Crippen molar-refractivity contribution in [1.82, 2.24) is 9.55 Å². The Balaban J connectivity index is 2.52. The van der Waals surface area contributed by atoms with Crippen molar-refractivity contribution in [2.75, 3.05) is 7.11 Å². The molecule has 0 unspecified atom stereocenters. The summed E-state index contributed by atoms with van der Waals surface area (Å²) in [6.07, 6.45) is 3.77. The Bertz CT molecular complexity index is 479. The average molecular weight is 200 g/mol. The number of aromatic nitrogens is 2. The normalized spacial score (nSPS) is 10.3. The Hall–Kier alpha value is -1.71. The number of benzene rings is 1. The third-order valence-corrected chi connectivity index (χ3v) is 2.33. The Morgan fingerprint density at radius 1 is 1.40 bits per heavy atom. The fraction of sp³-hybridized carbons (Fsp3) is 0.182. The van der Waals surface area contributed by atoms with Crippen LogP contribution in [0.4, 0.5) is 0 Å². The Labute approximate surface area is 90.1 Å². The van der Waals surface area contributed by atoms with Gasteiger partial charge in [0.15, 0.2) is 0 Å². The third-order valence-electron chi connectivity index (χ3n) is 2.33. The van der Waals surface area contributed by atoms with E-state index in [2.05, 4.69) is 11.1 Å². The molecule has 2 aromatic rings. The molecular weight excluding hydrogens is 187 g/mol. The van der Waals surface area contributed by atoms with Crippen molar-refractivity contribution < 1.29 is 4.74 Å². The van der Waals surface area contributed by atoms with Crippen LogP contribution in [0.15, 0.2) is 30.7 Å². The SMILES string of the molecule is Bc1ccc(-n2cnc(C)c2)c(OC)c1. The molecular formula is C11H13BN2O. The Morgan fingerprint density at radius 2 is 2.20 bits per heavy atom. The van der Waals surface area contributed by atoms with Gasteiger partial charge in [0.2, 0.25) is 0 Å². The first kappa shape index (κ1) is 9.83. The molecule has 15 heavy (non-hydrogen) atoms. The van der Waals surface area contributed by atoms with Gasteiger partial charge in [-0.15, -0.1) is 0 Å². The Morgan fingerprint density at radius 3 is 2.80 bits per heavy atom. The highest BCUT2D eigenvalue weighted by molar-refractivity contribution is 6.32. The predicted octanol–water partition coefficient (Wildman–Crippen LogP) is 0.448. The first-order valence-corrected chi connectivity index (χ1v) is 4.86. The van der Waals surface area contributed by atoms with Crippen molar-refractivity contribution >= 4 is 13.3 Å². The zero-order valence-corrected chi connectivity index (χ0v) is 9.19. The standard InChI is InChI=1S/C11H13BN2O/c1-8-6-14(7-13-8)10-4-3-9(12)5-11(10)15-2/h3-7H,12H2,1-2H3. The van der Waals surface area contributed by atoms with Gasteiger partial charge < -0.3 is 9.30 Å². The lowest BCUT2D eigenvalue weighted by Crippen LogP contribution is -2.05. The van der Waals surface area contributed by atoms with Crippen LogP contribution < -0.4 is 10.2 Å². The zero-order chi connectivity index (χ0) is 10.8. The van der Waals surface area contributed by atoms with Gasteiger partial charge in [0.05, 0.1) is 24.8 Å². The van der Waals surface area contributed by atoms with Crippen molar-refractivity contribution in [2.24, 2.45) is 0 Å². The fourth-order valence-corrected chi connectivity index (χ4v) is 1.55. The summed E-state index contributed by atoms with van der Waals surface area (Å²) in [5.74, 6) is 0.868. The summed E-state index contributed by atoms with van der Waals surface area (Å²) in [5, 5.41) is 0. The van der Waals surface area contributed by atoms with Crippen LogP contribution in [-0.2, 0) is 0 Å². The largest absolute Gasteiger partial charge is 0.495 e. The van der Waals surface area contributed by atoms with Gasteiger partial charge in [-0.1, -0.05) is 11.5 Å². The second-order valence-electron chi connectivity index (χ2n) is 3.60. The highest BCUT2D eigenvalue weighted by Gasteiger charge is 2.05. The van der Waals surface area contributed by atoms with Gasteiger partial charge in [0, 0.05) is 6.20 Å². The molecule has 0 fully saturated rings. The minimum atomic E-state index is 0.868. The maximum Gasteiger partial charge on any atom is 0.142 e. The number of rotatable bonds is 2. The third kappa shape index (κ3) is 1.88. The highest BCUT2D eigenvalue weighted by atomic mass is 16.5. The molecule has 3 nitrogen and oxygen atoms in total. The van der Waals surface area contributed by atoms with Gasteiger partial charge in [-0.2, -0.15) is 0 Å². The van der Waals surface area contributed by atoms with Crippen molar-refractivity contribution in [3.63, 3.8) is 0 Å². The van der Waals surface area contributed by atoms with Gasteiger partial charge in [-0.05, 0) is 19.1 Å². The van der Waals surface area contributed by atoms with Gasteiger partial charge >= 0.3 is 0 Å². The molecule has 76 valence electrons. The molecule has 0 spiro atoms. The minimum absolute atomic E-state index is 0.868. The number of nitrogens with zero attached hydrogens (tertiary/aromatic N) is 2. The second kappa shape index (κ2) is 3.81. The molecule has 1 aromatic heterocycles. The summed E-state index contributed by atoms with van der Waals surface area (Å²) >= 11 is 0. The summed E-state index contributed by atoms with van der Waals surface area (Å²) in [5.41, 5.74) is 3.20. The monoisotopic (exact) mass is 200 g/mol. The molecule has 0 amide bonds. The summed E-state index contributed by atoms with van der Waals surface area (Å²) in [6.45, 7) is 1.97.